The third-order valence-corrected chi connectivity index (χ3v) is 2.37. The molecular formula is C13H15N3O. The molecule has 0 saturated carbocycles. The minimum atomic E-state index is 0.618. The van der Waals surface area contributed by atoms with Gasteiger partial charge in [-0.2, -0.15) is 0 Å². The molecule has 0 spiro atoms. The lowest BCUT2D eigenvalue weighted by molar-refractivity contribution is 0.398. The summed E-state index contributed by atoms with van der Waals surface area (Å²) in [6.07, 6.45) is 5.46. The average Bonchev–Trinajstić information content (AvgIpc) is 2.37. The first-order valence-electron chi connectivity index (χ1n) is 5.42. The Morgan fingerprint density at radius 3 is 2.76 bits per heavy atom. The lowest BCUT2D eigenvalue weighted by Crippen LogP contribution is -2.00. The van der Waals surface area contributed by atoms with Crippen LogP contribution in [0, 0.1) is 6.92 Å². The van der Waals surface area contributed by atoms with E-state index in [9.17, 15) is 0 Å². The molecule has 17 heavy (non-hydrogen) atoms. The quantitative estimate of drug-likeness (QED) is 0.874. The summed E-state index contributed by atoms with van der Waals surface area (Å²) in [5.41, 5.74) is 3.28. The van der Waals surface area contributed by atoms with Crippen LogP contribution in [0.4, 0.5) is 5.69 Å². The molecule has 0 atom stereocenters. The molecule has 88 valence electrons. The molecule has 2 aromatic heterocycles. The van der Waals surface area contributed by atoms with Crippen molar-refractivity contribution in [3.05, 3.63) is 47.9 Å². The van der Waals surface area contributed by atoms with Gasteiger partial charge in [-0.3, -0.25) is 4.98 Å². The average molecular weight is 229 g/mol. The van der Waals surface area contributed by atoms with Crippen LogP contribution in [-0.4, -0.2) is 17.1 Å². The number of nitrogens with zero attached hydrogens (tertiary/aromatic N) is 2. The zero-order chi connectivity index (χ0) is 12.1. The summed E-state index contributed by atoms with van der Waals surface area (Å²) in [5, 5.41) is 3.28. The van der Waals surface area contributed by atoms with E-state index in [2.05, 4.69) is 21.4 Å². The zero-order valence-corrected chi connectivity index (χ0v) is 9.97. The van der Waals surface area contributed by atoms with E-state index in [1.165, 1.54) is 0 Å². The number of pyridine rings is 2. The maximum absolute atomic E-state index is 5.00. The molecule has 0 radical (unpaired) electrons. The molecule has 0 aliphatic heterocycles. The lowest BCUT2D eigenvalue weighted by atomic mass is 10.2. The predicted molar refractivity (Wildman–Crippen MR) is 67.1 cm³/mol. The van der Waals surface area contributed by atoms with Gasteiger partial charge in [0.2, 0.25) is 5.88 Å². The summed E-state index contributed by atoms with van der Waals surface area (Å²) >= 11 is 0. The minimum absolute atomic E-state index is 0.618. The second kappa shape index (κ2) is 5.30. The number of hydrogen-bond donors (Lipinski definition) is 1. The molecule has 2 rings (SSSR count). The first-order valence-corrected chi connectivity index (χ1v) is 5.42. The van der Waals surface area contributed by atoms with Gasteiger partial charge in [-0.15, -0.1) is 0 Å². The van der Waals surface area contributed by atoms with Crippen LogP contribution in [0.1, 0.15) is 11.1 Å². The van der Waals surface area contributed by atoms with Gasteiger partial charge in [-0.25, -0.2) is 4.98 Å². The summed E-state index contributed by atoms with van der Waals surface area (Å²) in [7, 11) is 1.61. The second-order valence-electron chi connectivity index (χ2n) is 3.81. The monoisotopic (exact) mass is 229 g/mol. The van der Waals surface area contributed by atoms with E-state index in [1.807, 2.05) is 31.5 Å². The number of hydrogen-bond acceptors (Lipinski definition) is 4. The van der Waals surface area contributed by atoms with E-state index in [0.29, 0.717) is 5.88 Å². The van der Waals surface area contributed by atoms with Crippen LogP contribution in [0.2, 0.25) is 0 Å². The van der Waals surface area contributed by atoms with E-state index in [4.69, 9.17) is 4.74 Å². The molecule has 2 aromatic rings. The van der Waals surface area contributed by atoms with Gasteiger partial charge < -0.3 is 10.1 Å². The number of ether oxygens (including phenoxy) is 1. The molecular weight excluding hydrogens is 214 g/mol. The molecule has 4 heteroatoms. The first kappa shape index (κ1) is 11.4. The van der Waals surface area contributed by atoms with E-state index in [-0.39, 0.29) is 0 Å². The summed E-state index contributed by atoms with van der Waals surface area (Å²) in [5.74, 6) is 0.618. The van der Waals surface area contributed by atoms with Crippen molar-refractivity contribution in [2.45, 2.75) is 13.5 Å². The van der Waals surface area contributed by atoms with Gasteiger partial charge in [0.25, 0.3) is 0 Å². The molecule has 0 aliphatic rings. The third kappa shape index (κ3) is 3.17. The number of rotatable bonds is 4. The number of aromatic nitrogens is 2. The Morgan fingerprint density at radius 1 is 1.24 bits per heavy atom. The van der Waals surface area contributed by atoms with Gasteiger partial charge in [-0.05, 0) is 24.1 Å². The Balaban J connectivity index is 1.97. The topological polar surface area (TPSA) is 47.0 Å². The van der Waals surface area contributed by atoms with Crippen molar-refractivity contribution in [3.8, 4) is 5.88 Å². The smallest absolute Gasteiger partial charge is 0.213 e. The van der Waals surface area contributed by atoms with Gasteiger partial charge in [-0.1, -0.05) is 6.07 Å². The third-order valence-electron chi connectivity index (χ3n) is 2.37. The maximum atomic E-state index is 5.00. The van der Waals surface area contributed by atoms with Crippen molar-refractivity contribution in [2.24, 2.45) is 0 Å². The van der Waals surface area contributed by atoms with Gasteiger partial charge >= 0.3 is 0 Å². The van der Waals surface area contributed by atoms with Crippen LogP contribution < -0.4 is 10.1 Å². The lowest BCUT2D eigenvalue weighted by Gasteiger charge is -2.07. The van der Waals surface area contributed by atoms with Gasteiger partial charge in [0.05, 0.1) is 19.0 Å². The van der Waals surface area contributed by atoms with Gasteiger partial charge in [0, 0.05) is 25.0 Å². The maximum Gasteiger partial charge on any atom is 0.213 e. The van der Waals surface area contributed by atoms with Crippen molar-refractivity contribution in [1.82, 2.24) is 9.97 Å². The molecule has 0 unspecified atom stereocenters. The fourth-order valence-corrected chi connectivity index (χ4v) is 1.52. The number of anilines is 1. The molecule has 0 aromatic carbocycles. The predicted octanol–water partition coefficient (Wildman–Crippen LogP) is 2.41. The van der Waals surface area contributed by atoms with Crippen molar-refractivity contribution < 1.29 is 4.74 Å². The fraction of sp³-hybridized carbons (Fsp3) is 0.231. The Labute approximate surface area is 101 Å². The first-order chi connectivity index (χ1) is 8.28. The summed E-state index contributed by atoms with van der Waals surface area (Å²) < 4.78 is 5.00. The van der Waals surface area contributed by atoms with E-state index >= 15 is 0 Å². The van der Waals surface area contributed by atoms with Gasteiger partial charge in [0.15, 0.2) is 0 Å². The van der Waals surface area contributed by atoms with Crippen LogP contribution in [-0.2, 0) is 6.54 Å². The number of nitrogens with one attached hydrogen (secondary N) is 1. The number of methoxy groups -OCH3 is 1. The van der Waals surface area contributed by atoms with Gasteiger partial charge in [0.1, 0.15) is 0 Å². The van der Waals surface area contributed by atoms with E-state index in [0.717, 1.165) is 23.4 Å². The molecule has 1 N–H and O–H groups in total. The van der Waals surface area contributed by atoms with Crippen LogP contribution in [0.25, 0.3) is 0 Å². The molecule has 0 aliphatic carbocycles. The summed E-state index contributed by atoms with van der Waals surface area (Å²) in [4.78, 5) is 8.27. The highest BCUT2D eigenvalue weighted by Crippen LogP contribution is 2.12. The highest BCUT2D eigenvalue weighted by atomic mass is 16.5. The minimum Gasteiger partial charge on any atom is -0.481 e. The van der Waals surface area contributed by atoms with Crippen LogP contribution in [0.15, 0.2) is 36.8 Å². The molecule has 2 heterocycles. The highest BCUT2D eigenvalue weighted by Gasteiger charge is 1.97. The van der Waals surface area contributed by atoms with Crippen LogP contribution in [0.5, 0.6) is 5.88 Å². The fourth-order valence-electron chi connectivity index (χ4n) is 1.52. The second-order valence-corrected chi connectivity index (χ2v) is 3.81. The van der Waals surface area contributed by atoms with Crippen molar-refractivity contribution in [1.29, 1.82) is 0 Å². The summed E-state index contributed by atoms with van der Waals surface area (Å²) in [6.45, 7) is 2.77. The zero-order valence-electron chi connectivity index (χ0n) is 9.97. The Kier molecular flexibility index (Phi) is 3.55. The van der Waals surface area contributed by atoms with E-state index < -0.39 is 0 Å². The number of aryl methyl sites for hydroxylation is 1. The highest BCUT2D eigenvalue weighted by molar-refractivity contribution is 5.42. The Morgan fingerprint density at radius 2 is 2.12 bits per heavy atom. The largest absolute Gasteiger partial charge is 0.481 e. The Hall–Kier alpha value is -2.10. The molecule has 4 nitrogen and oxygen atoms in total. The molecule has 0 amide bonds. The molecule has 0 bridgehead atoms. The SMILES string of the molecule is COc1ccc(NCc2cncc(C)c2)cn1. The molecule has 0 saturated heterocycles. The van der Waals surface area contributed by atoms with Crippen LogP contribution in [0.3, 0.4) is 0 Å². The molecule has 0 fully saturated rings. The standard InChI is InChI=1S/C13H15N3O/c1-10-5-11(7-14-6-10)8-15-12-3-4-13(17-2)16-9-12/h3-7,9,15H,8H2,1-2H3. The van der Waals surface area contributed by atoms with Crippen molar-refractivity contribution in [3.63, 3.8) is 0 Å². The van der Waals surface area contributed by atoms with Crippen LogP contribution >= 0.6 is 0 Å². The van der Waals surface area contributed by atoms with E-state index in [1.54, 1.807) is 13.3 Å². The summed E-state index contributed by atoms with van der Waals surface area (Å²) in [6, 6.07) is 5.88. The van der Waals surface area contributed by atoms with Crippen molar-refractivity contribution in [2.75, 3.05) is 12.4 Å². The van der Waals surface area contributed by atoms with Crippen molar-refractivity contribution >= 4 is 5.69 Å². The normalized spacial score (nSPS) is 10.0. The Bertz CT molecular complexity index is 482.